The van der Waals surface area contributed by atoms with Crippen molar-refractivity contribution in [3.8, 4) is 0 Å². The van der Waals surface area contributed by atoms with Crippen molar-refractivity contribution in [3.05, 3.63) is 48.0 Å². The zero-order chi connectivity index (χ0) is 39.3. The molecule has 0 heterocycles. The van der Waals surface area contributed by atoms with Crippen molar-refractivity contribution in [3.63, 3.8) is 0 Å². The third kappa shape index (κ3) is 6.63. The molecule has 5 aliphatic rings. The Kier molecular flexibility index (Phi) is 11.8. The van der Waals surface area contributed by atoms with Gasteiger partial charge in [0.2, 0.25) is 11.8 Å². The quantitative estimate of drug-likeness (QED) is 0.105. The number of carbonyl (C=O) groups is 3. The van der Waals surface area contributed by atoms with Gasteiger partial charge in [-0.1, -0.05) is 96.4 Å². The number of aliphatic hydroxyl groups excluding tert-OH is 1. The van der Waals surface area contributed by atoms with Gasteiger partial charge in [-0.2, -0.15) is 0 Å². The lowest BCUT2D eigenvalue weighted by Gasteiger charge is -2.72. The number of allylic oxidation sites excluding steroid dienone is 1. The van der Waals surface area contributed by atoms with Crippen LogP contribution in [-0.2, 0) is 20.8 Å². The summed E-state index contributed by atoms with van der Waals surface area (Å²) in [6.45, 7) is 19.9. The molecule has 5 fully saturated rings. The van der Waals surface area contributed by atoms with Crippen LogP contribution in [0.4, 0.5) is 0 Å². The van der Waals surface area contributed by atoms with E-state index in [0.717, 1.165) is 101 Å². The van der Waals surface area contributed by atoms with E-state index >= 15 is 4.79 Å². The summed E-state index contributed by atoms with van der Waals surface area (Å²) >= 11 is 0. The van der Waals surface area contributed by atoms with Crippen LogP contribution in [0, 0.1) is 62.6 Å². The Morgan fingerprint density at radius 3 is 2.19 bits per heavy atom. The van der Waals surface area contributed by atoms with Crippen molar-refractivity contribution in [1.82, 2.24) is 4.90 Å². The SMILES string of the molecule is C=C(C)[C@@H]1CC[C@]2(C(=O)N(CCCCCCCN)C(=O)[C@H](Cc3ccccc3)C(=O)O)CC[C@]3(C)[C@H](CCC4[C@@]5(C)CC[C@H](O)C(C)(C)[C@@H]5CC[C@]43C)[C@@H]12. The fourth-order valence-corrected chi connectivity index (χ4v) is 14.3. The first kappa shape index (κ1) is 41.1. The number of aliphatic hydroxyl groups is 1. The molecule has 5 saturated carbocycles. The number of rotatable bonds is 13. The number of hydrogen-bond acceptors (Lipinski definition) is 5. The van der Waals surface area contributed by atoms with Crippen LogP contribution in [0.1, 0.15) is 143 Å². The molecule has 300 valence electrons. The molecular weight excluding hydrogens is 673 g/mol. The summed E-state index contributed by atoms with van der Waals surface area (Å²) < 4.78 is 0. The first-order chi connectivity index (χ1) is 25.5. The van der Waals surface area contributed by atoms with Gasteiger partial charge in [0.25, 0.3) is 0 Å². The van der Waals surface area contributed by atoms with Gasteiger partial charge < -0.3 is 15.9 Å². The maximum atomic E-state index is 15.6. The normalized spacial score (nSPS) is 38.6. The lowest BCUT2D eigenvalue weighted by atomic mass is 9.32. The number of nitrogens with two attached hydrogens (primary N) is 1. The highest BCUT2D eigenvalue weighted by Gasteiger charge is 2.72. The van der Waals surface area contributed by atoms with E-state index in [4.69, 9.17) is 5.73 Å². The molecule has 5 aliphatic carbocycles. The molecule has 7 nitrogen and oxygen atoms in total. The average molecular weight is 745 g/mol. The molecular formula is C47H72N2O5. The molecule has 0 spiro atoms. The molecule has 6 rings (SSSR count). The second-order valence-corrected chi connectivity index (χ2v) is 20.1. The molecule has 1 aromatic carbocycles. The van der Waals surface area contributed by atoms with Gasteiger partial charge in [0.15, 0.2) is 0 Å². The van der Waals surface area contributed by atoms with Crippen LogP contribution in [0.5, 0.6) is 0 Å². The predicted molar refractivity (Wildman–Crippen MR) is 215 cm³/mol. The molecule has 0 aromatic heterocycles. The number of carboxylic acids is 1. The predicted octanol–water partition coefficient (Wildman–Crippen LogP) is 9.21. The Morgan fingerprint density at radius 2 is 1.52 bits per heavy atom. The van der Waals surface area contributed by atoms with Gasteiger partial charge in [-0.25, -0.2) is 0 Å². The van der Waals surface area contributed by atoms with Crippen molar-refractivity contribution < 1.29 is 24.6 Å². The number of nitrogens with zero attached hydrogens (tertiary/aromatic N) is 1. The van der Waals surface area contributed by atoms with Crippen LogP contribution < -0.4 is 5.73 Å². The van der Waals surface area contributed by atoms with Crippen LogP contribution in [-0.4, -0.2) is 52.1 Å². The van der Waals surface area contributed by atoms with Gasteiger partial charge in [0, 0.05) is 6.54 Å². The summed E-state index contributed by atoms with van der Waals surface area (Å²) in [7, 11) is 0. The van der Waals surface area contributed by atoms with E-state index < -0.39 is 23.2 Å². The third-order valence-corrected chi connectivity index (χ3v) is 17.4. The zero-order valence-corrected chi connectivity index (χ0v) is 34.5. The standard InChI is InChI=1S/C47H72N2O5/c1-31(2)33-20-25-47(42(54)49(29-15-10-8-9-14-28-48)40(51)34(41(52)53)30-32-16-12-11-13-17-32)27-26-45(6)35(39(33)47)18-19-37-44(5)23-22-38(50)43(3,4)36(44)21-24-46(37,45)7/h11-13,16-17,33-39,50H,1,8-10,14-15,18-30,48H2,2-7H3,(H,52,53)/t33-,34-,35+,36-,37?,38-,39+,44-,45+,46+,47-/m0/s1. The Labute approximate surface area is 326 Å². The summed E-state index contributed by atoms with van der Waals surface area (Å²) in [4.78, 5) is 44.5. The summed E-state index contributed by atoms with van der Waals surface area (Å²) in [5, 5.41) is 21.7. The highest BCUT2D eigenvalue weighted by atomic mass is 16.4. The molecule has 1 aromatic rings. The molecule has 7 heteroatoms. The van der Waals surface area contributed by atoms with Gasteiger partial charge in [0.1, 0.15) is 5.92 Å². The fourth-order valence-electron chi connectivity index (χ4n) is 14.3. The van der Waals surface area contributed by atoms with Gasteiger partial charge in [-0.15, -0.1) is 0 Å². The number of carboxylic acid groups (broad SMARTS) is 1. The lowest BCUT2D eigenvalue weighted by molar-refractivity contribution is -0.247. The van der Waals surface area contributed by atoms with Gasteiger partial charge in [-0.3, -0.25) is 19.3 Å². The number of benzene rings is 1. The van der Waals surface area contributed by atoms with Crippen molar-refractivity contribution in [2.24, 2.45) is 68.3 Å². The number of hydrogen-bond donors (Lipinski definition) is 3. The van der Waals surface area contributed by atoms with E-state index in [1.54, 1.807) is 0 Å². The smallest absolute Gasteiger partial charge is 0.316 e. The average Bonchev–Trinajstić information content (AvgIpc) is 3.53. The summed E-state index contributed by atoms with van der Waals surface area (Å²) in [6.07, 6.45) is 13.9. The van der Waals surface area contributed by atoms with E-state index in [0.29, 0.717) is 30.7 Å². The van der Waals surface area contributed by atoms with Crippen LogP contribution in [0.15, 0.2) is 42.5 Å². The first-order valence-electron chi connectivity index (χ1n) is 21.7. The molecule has 0 bridgehead atoms. The van der Waals surface area contributed by atoms with Crippen LogP contribution >= 0.6 is 0 Å². The Morgan fingerprint density at radius 1 is 0.833 bits per heavy atom. The minimum Gasteiger partial charge on any atom is -0.481 e. The summed E-state index contributed by atoms with van der Waals surface area (Å²) in [5.74, 6) is -1.54. The van der Waals surface area contributed by atoms with Crippen LogP contribution in [0.2, 0.25) is 0 Å². The number of carbonyl (C=O) groups excluding carboxylic acids is 2. The van der Waals surface area contributed by atoms with E-state index in [9.17, 15) is 19.8 Å². The maximum absolute atomic E-state index is 15.6. The molecule has 2 amide bonds. The Bertz CT molecular complexity index is 1560. The lowest BCUT2D eigenvalue weighted by Crippen LogP contribution is -2.67. The van der Waals surface area contributed by atoms with Gasteiger partial charge in [0.05, 0.1) is 11.5 Å². The largest absolute Gasteiger partial charge is 0.481 e. The van der Waals surface area contributed by atoms with E-state index in [-0.39, 0.29) is 58.5 Å². The molecule has 1 unspecified atom stereocenters. The van der Waals surface area contributed by atoms with Gasteiger partial charge >= 0.3 is 5.97 Å². The molecule has 11 atom stereocenters. The third-order valence-electron chi connectivity index (χ3n) is 17.4. The summed E-state index contributed by atoms with van der Waals surface area (Å²) in [6, 6.07) is 9.33. The Hall–Kier alpha value is -2.51. The second kappa shape index (κ2) is 15.4. The Balaban J connectivity index is 1.35. The highest BCUT2D eigenvalue weighted by molar-refractivity contribution is 6.06. The molecule has 0 saturated heterocycles. The van der Waals surface area contributed by atoms with E-state index in [1.807, 2.05) is 30.3 Å². The van der Waals surface area contributed by atoms with Crippen LogP contribution in [0.25, 0.3) is 0 Å². The van der Waals surface area contributed by atoms with Crippen molar-refractivity contribution in [1.29, 1.82) is 0 Å². The van der Waals surface area contributed by atoms with Crippen molar-refractivity contribution in [2.45, 2.75) is 150 Å². The minimum absolute atomic E-state index is 0.0192. The number of amides is 2. The molecule has 54 heavy (non-hydrogen) atoms. The minimum atomic E-state index is -1.32. The number of fused-ring (bicyclic) bond motifs is 7. The molecule has 0 radical (unpaired) electrons. The van der Waals surface area contributed by atoms with E-state index in [1.165, 1.54) is 4.90 Å². The maximum Gasteiger partial charge on any atom is 0.316 e. The second-order valence-electron chi connectivity index (χ2n) is 20.1. The number of unbranched alkanes of at least 4 members (excludes halogenated alkanes) is 4. The first-order valence-corrected chi connectivity index (χ1v) is 21.7. The fraction of sp³-hybridized carbons (Fsp3) is 0.766. The monoisotopic (exact) mass is 745 g/mol. The zero-order valence-electron chi connectivity index (χ0n) is 34.5. The van der Waals surface area contributed by atoms with Crippen LogP contribution in [0.3, 0.4) is 0 Å². The van der Waals surface area contributed by atoms with Crippen molar-refractivity contribution >= 4 is 17.8 Å². The van der Waals surface area contributed by atoms with Gasteiger partial charge in [-0.05, 0) is 154 Å². The van der Waals surface area contributed by atoms with Crippen molar-refractivity contribution in [2.75, 3.05) is 13.1 Å². The molecule has 4 N–H and O–H groups in total. The highest BCUT2D eigenvalue weighted by Crippen LogP contribution is 2.77. The number of imide groups is 1. The topological polar surface area (TPSA) is 121 Å². The number of aliphatic carboxylic acids is 1. The van der Waals surface area contributed by atoms with E-state index in [2.05, 4.69) is 48.1 Å². The molecule has 0 aliphatic heterocycles. The summed E-state index contributed by atoms with van der Waals surface area (Å²) in [5.41, 5.74) is 7.12.